The van der Waals surface area contributed by atoms with Crippen molar-refractivity contribution in [2.75, 3.05) is 12.4 Å². The number of hydrogen-bond acceptors (Lipinski definition) is 6. The molecule has 0 spiro atoms. The molecule has 1 aliphatic carbocycles. The number of para-hydroxylation sites is 1. The fraction of sp³-hybridized carbons (Fsp3) is 0.167. The average Bonchev–Trinajstić information content (AvgIpc) is 3.51. The minimum atomic E-state index is -3.79. The van der Waals surface area contributed by atoms with Gasteiger partial charge in [0.05, 0.1) is 17.3 Å². The van der Waals surface area contributed by atoms with E-state index in [2.05, 4.69) is 15.0 Å². The Hall–Kier alpha value is -3.27. The van der Waals surface area contributed by atoms with E-state index in [4.69, 9.17) is 4.74 Å². The molecule has 0 radical (unpaired) electrons. The van der Waals surface area contributed by atoms with Gasteiger partial charge in [0.2, 0.25) is 10.0 Å². The van der Waals surface area contributed by atoms with Crippen molar-refractivity contribution in [3.63, 3.8) is 0 Å². The van der Waals surface area contributed by atoms with E-state index in [1.54, 1.807) is 23.5 Å². The summed E-state index contributed by atoms with van der Waals surface area (Å²) in [6.07, 6.45) is 1.62. The van der Waals surface area contributed by atoms with Crippen LogP contribution in [0.2, 0.25) is 0 Å². The molecular weight excluding hydrogens is 458 g/mol. The first kappa shape index (κ1) is 21.6. The first-order valence-corrected chi connectivity index (χ1v) is 12.7. The number of ether oxygens (including phenoxy) is 1. The summed E-state index contributed by atoms with van der Waals surface area (Å²) in [5.74, 6) is -0.223. The number of carbonyl (C=O) groups is 1. The van der Waals surface area contributed by atoms with Gasteiger partial charge in [0.1, 0.15) is 15.7 Å². The number of carbonyl (C=O) groups excluding carboxylic acids is 1. The van der Waals surface area contributed by atoms with Crippen LogP contribution in [0.1, 0.15) is 23.2 Å². The number of methoxy groups -OCH3 is 1. The standard InChI is InChI=1S/C24H21N3O4S2/c1-31-20-12-9-15(14-22(20)33(29,30)27-17-10-11-17)23(28)25-18-6-4-5-16(13-18)24-26-19-7-2-3-8-21(19)32-24/h2-9,12-14,17,27H,10-11H2,1H3,(H,25,28). The van der Waals surface area contributed by atoms with Crippen molar-refractivity contribution in [2.24, 2.45) is 0 Å². The van der Waals surface area contributed by atoms with Crippen molar-refractivity contribution in [3.05, 3.63) is 72.3 Å². The highest BCUT2D eigenvalue weighted by molar-refractivity contribution is 7.89. The maximum Gasteiger partial charge on any atom is 0.255 e. The summed E-state index contributed by atoms with van der Waals surface area (Å²) in [7, 11) is -2.38. The second-order valence-corrected chi connectivity index (χ2v) is 10.5. The quantitative estimate of drug-likeness (QED) is 0.402. The van der Waals surface area contributed by atoms with Crippen LogP contribution in [0.3, 0.4) is 0 Å². The van der Waals surface area contributed by atoms with Gasteiger partial charge in [-0.15, -0.1) is 11.3 Å². The van der Waals surface area contributed by atoms with Crippen LogP contribution >= 0.6 is 11.3 Å². The molecule has 1 amide bonds. The number of anilines is 1. The Morgan fingerprint density at radius 2 is 1.88 bits per heavy atom. The van der Waals surface area contributed by atoms with Gasteiger partial charge in [-0.05, 0) is 55.3 Å². The van der Waals surface area contributed by atoms with Gasteiger partial charge in [0.25, 0.3) is 5.91 Å². The molecule has 1 aliphatic rings. The van der Waals surface area contributed by atoms with Gasteiger partial charge in [0.15, 0.2) is 0 Å². The molecule has 0 saturated heterocycles. The number of nitrogens with one attached hydrogen (secondary N) is 2. The summed E-state index contributed by atoms with van der Waals surface area (Å²) in [4.78, 5) is 17.6. The highest BCUT2D eigenvalue weighted by Crippen LogP contribution is 2.32. The summed E-state index contributed by atoms with van der Waals surface area (Å²) in [6, 6.07) is 19.7. The van der Waals surface area contributed by atoms with Crippen molar-refractivity contribution in [3.8, 4) is 16.3 Å². The molecule has 5 rings (SSSR count). The van der Waals surface area contributed by atoms with Gasteiger partial charge in [-0.1, -0.05) is 24.3 Å². The molecule has 1 heterocycles. The van der Waals surface area contributed by atoms with E-state index in [9.17, 15) is 13.2 Å². The van der Waals surface area contributed by atoms with Gasteiger partial charge in [-0.25, -0.2) is 18.1 Å². The molecule has 2 N–H and O–H groups in total. The lowest BCUT2D eigenvalue weighted by molar-refractivity contribution is 0.102. The SMILES string of the molecule is COc1ccc(C(=O)Nc2cccc(-c3nc4ccccc4s3)c2)cc1S(=O)(=O)NC1CC1. The van der Waals surface area contributed by atoms with E-state index in [0.717, 1.165) is 33.6 Å². The zero-order chi connectivity index (χ0) is 23.0. The van der Waals surface area contributed by atoms with Crippen LogP contribution in [-0.2, 0) is 10.0 Å². The van der Waals surface area contributed by atoms with Crippen LogP contribution in [0, 0.1) is 0 Å². The molecule has 9 heteroatoms. The molecule has 4 aromatic rings. The van der Waals surface area contributed by atoms with Gasteiger partial charge >= 0.3 is 0 Å². The molecule has 0 atom stereocenters. The molecule has 1 saturated carbocycles. The summed E-state index contributed by atoms with van der Waals surface area (Å²) in [6.45, 7) is 0. The molecular formula is C24H21N3O4S2. The van der Waals surface area contributed by atoms with Gasteiger partial charge in [-0.2, -0.15) is 0 Å². The van der Waals surface area contributed by atoms with Gasteiger partial charge in [0, 0.05) is 22.9 Å². The van der Waals surface area contributed by atoms with Crippen LogP contribution in [-0.4, -0.2) is 32.5 Å². The molecule has 0 unspecified atom stereocenters. The third-order valence-electron chi connectivity index (χ3n) is 5.28. The van der Waals surface area contributed by atoms with Crippen molar-refractivity contribution < 1.29 is 17.9 Å². The van der Waals surface area contributed by atoms with Crippen molar-refractivity contribution in [2.45, 2.75) is 23.8 Å². The molecule has 7 nitrogen and oxygen atoms in total. The molecule has 1 fully saturated rings. The fourth-order valence-corrected chi connectivity index (χ4v) is 5.90. The number of sulfonamides is 1. The summed E-state index contributed by atoms with van der Waals surface area (Å²) < 4.78 is 34.4. The summed E-state index contributed by atoms with van der Waals surface area (Å²) >= 11 is 1.58. The third kappa shape index (κ3) is 4.61. The van der Waals surface area contributed by atoms with E-state index in [1.165, 1.54) is 19.2 Å². The molecule has 33 heavy (non-hydrogen) atoms. The smallest absolute Gasteiger partial charge is 0.255 e. The Labute approximate surface area is 195 Å². The van der Waals surface area contributed by atoms with Gasteiger partial charge in [-0.3, -0.25) is 4.79 Å². The first-order chi connectivity index (χ1) is 15.9. The van der Waals surface area contributed by atoms with E-state index in [0.29, 0.717) is 5.69 Å². The number of amides is 1. The fourth-order valence-electron chi connectivity index (χ4n) is 3.44. The van der Waals surface area contributed by atoms with Crippen LogP contribution in [0.15, 0.2) is 71.6 Å². The normalized spacial score (nSPS) is 13.7. The number of fused-ring (bicyclic) bond motifs is 1. The van der Waals surface area contributed by atoms with Crippen molar-refractivity contribution >= 4 is 43.2 Å². The average molecular weight is 480 g/mol. The molecule has 0 bridgehead atoms. The lowest BCUT2D eigenvalue weighted by Crippen LogP contribution is -2.26. The van der Waals surface area contributed by atoms with Gasteiger partial charge < -0.3 is 10.1 Å². The maximum absolute atomic E-state index is 12.9. The third-order valence-corrected chi connectivity index (χ3v) is 7.90. The minimum absolute atomic E-state index is 0.0484. The number of hydrogen-bond donors (Lipinski definition) is 2. The molecule has 0 aliphatic heterocycles. The monoisotopic (exact) mass is 479 g/mol. The van der Waals surface area contributed by atoms with E-state index in [1.807, 2.05) is 42.5 Å². The zero-order valence-corrected chi connectivity index (χ0v) is 19.4. The second-order valence-electron chi connectivity index (χ2n) is 7.78. The Morgan fingerprint density at radius 3 is 2.64 bits per heavy atom. The largest absolute Gasteiger partial charge is 0.495 e. The van der Waals surface area contributed by atoms with E-state index >= 15 is 0 Å². The summed E-state index contributed by atoms with van der Waals surface area (Å²) in [5, 5.41) is 3.71. The van der Waals surface area contributed by atoms with Crippen molar-refractivity contribution in [1.82, 2.24) is 9.71 Å². The van der Waals surface area contributed by atoms with Crippen LogP contribution in [0.5, 0.6) is 5.75 Å². The molecule has 168 valence electrons. The highest BCUT2D eigenvalue weighted by atomic mass is 32.2. The van der Waals surface area contributed by atoms with Crippen LogP contribution in [0.4, 0.5) is 5.69 Å². The predicted octanol–water partition coefficient (Wildman–Crippen LogP) is 4.66. The Kier molecular flexibility index (Phi) is 5.61. The first-order valence-electron chi connectivity index (χ1n) is 10.4. The highest BCUT2D eigenvalue weighted by Gasteiger charge is 2.30. The second kappa shape index (κ2) is 8.58. The Balaban J connectivity index is 1.40. The minimum Gasteiger partial charge on any atom is -0.495 e. The number of nitrogens with zero attached hydrogens (tertiary/aromatic N) is 1. The van der Waals surface area contributed by atoms with Crippen LogP contribution < -0.4 is 14.8 Å². The topological polar surface area (TPSA) is 97.4 Å². The van der Waals surface area contributed by atoms with Crippen molar-refractivity contribution in [1.29, 1.82) is 0 Å². The van der Waals surface area contributed by atoms with E-state index in [-0.39, 0.29) is 22.3 Å². The predicted molar refractivity (Wildman–Crippen MR) is 129 cm³/mol. The Bertz CT molecular complexity index is 1430. The molecule has 1 aromatic heterocycles. The maximum atomic E-state index is 12.9. The Morgan fingerprint density at radius 1 is 1.06 bits per heavy atom. The zero-order valence-electron chi connectivity index (χ0n) is 17.7. The lowest BCUT2D eigenvalue weighted by atomic mass is 10.1. The number of benzene rings is 3. The van der Waals surface area contributed by atoms with Crippen LogP contribution in [0.25, 0.3) is 20.8 Å². The number of aromatic nitrogens is 1. The van der Waals surface area contributed by atoms with E-state index < -0.39 is 15.9 Å². The number of thiazole rings is 1. The molecule has 3 aromatic carbocycles. The number of rotatable bonds is 7. The summed E-state index contributed by atoms with van der Waals surface area (Å²) in [5.41, 5.74) is 2.63. The lowest BCUT2D eigenvalue weighted by Gasteiger charge is -2.12.